The Morgan fingerprint density at radius 2 is 1.78 bits per heavy atom. The number of methoxy groups -OCH3 is 1. The lowest BCUT2D eigenvalue weighted by atomic mass is 10.1. The number of para-hydroxylation sites is 1. The molecule has 2 aromatic carbocycles. The first-order valence-corrected chi connectivity index (χ1v) is 8.74. The number of rotatable bonds is 9. The lowest BCUT2D eigenvalue weighted by molar-refractivity contribution is -0.150. The van der Waals surface area contributed by atoms with Crippen molar-refractivity contribution in [3.8, 4) is 11.5 Å². The summed E-state index contributed by atoms with van der Waals surface area (Å²) in [5.41, 5.74) is 3.23. The quantitative estimate of drug-likeness (QED) is 0.686. The molecule has 0 aliphatic heterocycles. The fourth-order valence-corrected chi connectivity index (χ4v) is 2.43. The van der Waals surface area contributed by atoms with Crippen LogP contribution >= 0.6 is 0 Å². The first-order valence-electron chi connectivity index (χ1n) is 8.74. The molecule has 1 amide bonds. The molecule has 0 aromatic heterocycles. The molecule has 0 saturated carbocycles. The summed E-state index contributed by atoms with van der Waals surface area (Å²) in [7, 11) is 1.61. The van der Waals surface area contributed by atoms with Gasteiger partial charge < -0.3 is 19.5 Å². The van der Waals surface area contributed by atoms with Crippen molar-refractivity contribution in [2.75, 3.05) is 26.9 Å². The minimum absolute atomic E-state index is 0.239. The van der Waals surface area contributed by atoms with Gasteiger partial charge in [-0.25, -0.2) is 4.79 Å². The Morgan fingerprint density at radius 3 is 2.52 bits per heavy atom. The molecule has 6 heteroatoms. The Labute approximate surface area is 159 Å². The molecule has 0 aliphatic rings. The van der Waals surface area contributed by atoms with Crippen molar-refractivity contribution in [2.24, 2.45) is 0 Å². The standard InChI is InChI=1S/C21H25NO5/c1-15-8-9-18(12-16(15)2)26-14-21(24)27-13-20(23)22-11-10-17-6-4-5-7-19(17)25-3/h4-9,12H,10-11,13-14H2,1-3H3,(H,22,23). The van der Waals surface area contributed by atoms with Crippen molar-refractivity contribution in [3.05, 3.63) is 59.2 Å². The maximum atomic E-state index is 11.8. The van der Waals surface area contributed by atoms with Gasteiger partial charge in [0.05, 0.1) is 7.11 Å². The predicted octanol–water partition coefficient (Wildman–Crippen LogP) is 2.59. The Hall–Kier alpha value is -3.02. The highest BCUT2D eigenvalue weighted by Gasteiger charge is 2.09. The van der Waals surface area contributed by atoms with Gasteiger partial charge >= 0.3 is 5.97 Å². The number of amides is 1. The van der Waals surface area contributed by atoms with Crippen LogP contribution in [0.2, 0.25) is 0 Å². The van der Waals surface area contributed by atoms with Crippen LogP contribution in [0.5, 0.6) is 11.5 Å². The number of benzene rings is 2. The number of esters is 1. The molecule has 2 rings (SSSR count). The largest absolute Gasteiger partial charge is 0.496 e. The molecule has 144 valence electrons. The monoisotopic (exact) mass is 371 g/mol. The number of aryl methyl sites for hydroxylation is 2. The van der Waals surface area contributed by atoms with Gasteiger partial charge in [0.25, 0.3) is 5.91 Å². The van der Waals surface area contributed by atoms with Gasteiger partial charge in [-0.1, -0.05) is 24.3 Å². The fraction of sp³-hybridized carbons (Fsp3) is 0.333. The third-order valence-electron chi connectivity index (χ3n) is 4.11. The van der Waals surface area contributed by atoms with Crippen LogP contribution in [0, 0.1) is 13.8 Å². The van der Waals surface area contributed by atoms with Crippen molar-refractivity contribution in [1.82, 2.24) is 5.32 Å². The first kappa shape index (κ1) is 20.3. The van der Waals surface area contributed by atoms with E-state index in [9.17, 15) is 9.59 Å². The zero-order chi connectivity index (χ0) is 19.6. The summed E-state index contributed by atoms with van der Waals surface area (Å²) in [5, 5.41) is 2.71. The number of carbonyl (C=O) groups excluding carboxylic acids is 2. The Bertz CT molecular complexity index is 788. The van der Waals surface area contributed by atoms with E-state index in [4.69, 9.17) is 14.2 Å². The molecule has 0 radical (unpaired) electrons. The number of hydrogen-bond donors (Lipinski definition) is 1. The van der Waals surface area contributed by atoms with Gasteiger partial charge in [0.1, 0.15) is 11.5 Å². The van der Waals surface area contributed by atoms with Crippen LogP contribution in [-0.2, 0) is 20.7 Å². The average molecular weight is 371 g/mol. The van der Waals surface area contributed by atoms with E-state index in [1.807, 2.05) is 50.2 Å². The molecule has 0 heterocycles. The lowest BCUT2D eigenvalue weighted by Gasteiger charge is -2.10. The topological polar surface area (TPSA) is 73.9 Å². The van der Waals surface area contributed by atoms with Crippen molar-refractivity contribution in [1.29, 1.82) is 0 Å². The molecule has 2 aromatic rings. The molecular formula is C21H25NO5. The molecular weight excluding hydrogens is 346 g/mol. The number of ether oxygens (including phenoxy) is 3. The Kier molecular flexibility index (Phi) is 7.67. The fourth-order valence-electron chi connectivity index (χ4n) is 2.43. The zero-order valence-electron chi connectivity index (χ0n) is 15.9. The highest BCUT2D eigenvalue weighted by Crippen LogP contribution is 2.17. The summed E-state index contributed by atoms with van der Waals surface area (Å²) in [6.45, 7) is 3.82. The van der Waals surface area contributed by atoms with Crippen LogP contribution in [0.1, 0.15) is 16.7 Å². The molecule has 1 N–H and O–H groups in total. The number of carbonyl (C=O) groups is 2. The summed E-state index contributed by atoms with van der Waals surface area (Å²) in [5.74, 6) is 0.426. The number of nitrogens with one attached hydrogen (secondary N) is 1. The molecule has 0 fully saturated rings. The van der Waals surface area contributed by atoms with E-state index in [1.165, 1.54) is 0 Å². The molecule has 0 aliphatic carbocycles. The summed E-state index contributed by atoms with van der Waals surface area (Å²) in [6, 6.07) is 13.2. The van der Waals surface area contributed by atoms with Crippen LogP contribution < -0.4 is 14.8 Å². The molecule has 6 nitrogen and oxygen atoms in total. The maximum Gasteiger partial charge on any atom is 0.344 e. The van der Waals surface area contributed by atoms with Gasteiger partial charge in [0, 0.05) is 6.54 Å². The molecule has 0 saturated heterocycles. The van der Waals surface area contributed by atoms with E-state index < -0.39 is 5.97 Å². The summed E-state index contributed by atoms with van der Waals surface area (Å²) in [4.78, 5) is 23.5. The third kappa shape index (κ3) is 6.66. The molecule has 0 spiro atoms. The van der Waals surface area contributed by atoms with Gasteiger partial charge in [0.2, 0.25) is 0 Å². The van der Waals surface area contributed by atoms with Crippen molar-refractivity contribution in [2.45, 2.75) is 20.3 Å². The minimum atomic E-state index is -0.590. The smallest absolute Gasteiger partial charge is 0.344 e. The van der Waals surface area contributed by atoms with Crippen molar-refractivity contribution in [3.63, 3.8) is 0 Å². The van der Waals surface area contributed by atoms with Crippen LogP contribution in [0.25, 0.3) is 0 Å². The van der Waals surface area contributed by atoms with Gasteiger partial charge in [0.15, 0.2) is 13.2 Å². The Morgan fingerprint density at radius 1 is 1.00 bits per heavy atom. The van der Waals surface area contributed by atoms with Crippen LogP contribution in [0.15, 0.2) is 42.5 Å². The first-order chi connectivity index (χ1) is 13.0. The van der Waals surface area contributed by atoms with E-state index in [1.54, 1.807) is 13.2 Å². The summed E-state index contributed by atoms with van der Waals surface area (Å²) in [6.07, 6.45) is 0.625. The summed E-state index contributed by atoms with van der Waals surface area (Å²) < 4.78 is 15.6. The van der Waals surface area contributed by atoms with Crippen molar-refractivity contribution < 1.29 is 23.8 Å². The molecule has 0 unspecified atom stereocenters. The highest BCUT2D eigenvalue weighted by molar-refractivity contribution is 5.80. The SMILES string of the molecule is COc1ccccc1CCNC(=O)COC(=O)COc1ccc(C)c(C)c1. The highest BCUT2D eigenvalue weighted by atomic mass is 16.6. The molecule has 0 bridgehead atoms. The van der Waals surface area contributed by atoms with Gasteiger partial charge in [-0.2, -0.15) is 0 Å². The number of hydrogen-bond acceptors (Lipinski definition) is 5. The normalized spacial score (nSPS) is 10.2. The van der Waals surface area contributed by atoms with E-state index in [0.29, 0.717) is 18.7 Å². The van der Waals surface area contributed by atoms with E-state index >= 15 is 0 Å². The van der Waals surface area contributed by atoms with E-state index in [0.717, 1.165) is 22.4 Å². The van der Waals surface area contributed by atoms with Crippen LogP contribution in [0.4, 0.5) is 0 Å². The minimum Gasteiger partial charge on any atom is -0.496 e. The zero-order valence-corrected chi connectivity index (χ0v) is 15.9. The second-order valence-corrected chi connectivity index (χ2v) is 6.11. The average Bonchev–Trinajstić information content (AvgIpc) is 2.67. The van der Waals surface area contributed by atoms with E-state index in [-0.39, 0.29) is 19.1 Å². The van der Waals surface area contributed by atoms with Crippen LogP contribution in [-0.4, -0.2) is 38.7 Å². The predicted molar refractivity (Wildman–Crippen MR) is 102 cm³/mol. The maximum absolute atomic E-state index is 11.8. The third-order valence-corrected chi connectivity index (χ3v) is 4.11. The second-order valence-electron chi connectivity index (χ2n) is 6.11. The summed E-state index contributed by atoms with van der Waals surface area (Å²) >= 11 is 0. The Balaban J connectivity index is 1.65. The molecule has 0 atom stereocenters. The van der Waals surface area contributed by atoms with Crippen LogP contribution in [0.3, 0.4) is 0 Å². The van der Waals surface area contributed by atoms with E-state index in [2.05, 4.69) is 5.32 Å². The van der Waals surface area contributed by atoms with Gasteiger partial charge in [-0.15, -0.1) is 0 Å². The lowest BCUT2D eigenvalue weighted by Crippen LogP contribution is -2.31. The van der Waals surface area contributed by atoms with Gasteiger partial charge in [-0.3, -0.25) is 4.79 Å². The second kappa shape index (κ2) is 10.2. The molecule has 27 heavy (non-hydrogen) atoms. The van der Waals surface area contributed by atoms with Crippen molar-refractivity contribution >= 4 is 11.9 Å². The van der Waals surface area contributed by atoms with Gasteiger partial charge in [-0.05, 0) is 55.2 Å².